The lowest BCUT2D eigenvalue weighted by Gasteiger charge is -2.35. The topological polar surface area (TPSA) is 12.5 Å². The average molecular weight is 350 g/mol. The van der Waals surface area contributed by atoms with Gasteiger partial charge in [-0.1, -0.05) is 48.5 Å². The molecular formula is C22H25NOP. The molecule has 5 radical (unpaired) electrons. The molecule has 0 amide bonds. The molecule has 3 heteroatoms. The summed E-state index contributed by atoms with van der Waals surface area (Å²) in [7, 11) is 5.36. The molecule has 0 N–H and O–H groups in total. The van der Waals surface area contributed by atoms with Crippen molar-refractivity contribution in [1.29, 1.82) is 0 Å². The van der Waals surface area contributed by atoms with Gasteiger partial charge < -0.3 is 9.64 Å². The number of methoxy groups -OCH3 is 1. The van der Waals surface area contributed by atoms with Crippen LogP contribution in [0, 0.1) is 30.8 Å². The summed E-state index contributed by atoms with van der Waals surface area (Å²) in [5.74, 6) is 2.35. The van der Waals surface area contributed by atoms with Crippen LogP contribution < -0.4 is 15.3 Å². The van der Waals surface area contributed by atoms with Crippen molar-refractivity contribution >= 4 is 18.5 Å². The number of ether oxygens (including phenoxy) is 1. The zero-order valence-corrected chi connectivity index (χ0v) is 16.2. The molecule has 2 atom stereocenters. The van der Waals surface area contributed by atoms with Gasteiger partial charge in [0.05, 0.1) is 7.11 Å². The number of hydrogen-bond acceptors (Lipinski definition) is 2. The van der Waals surface area contributed by atoms with E-state index in [0.717, 1.165) is 5.75 Å². The van der Waals surface area contributed by atoms with Gasteiger partial charge in [-0.15, -0.1) is 0 Å². The Hall–Kier alpha value is -1.37. The van der Waals surface area contributed by atoms with E-state index in [1.165, 1.54) is 22.2 Å². The lowest BCUT2D eigenvalue weighted by molar-refractivity contribution is 0.333. The van der Waals surface area contributed by atoms with E-state index in [9.17, 15) is 0 Å². The Morgan fingerprint density at radius 2 is 1.60 bits per heavy atom. The lowest BCUT2D eigenvalue weighted by atomic mass is 9.98. The molecule has 0 aromatic heterocycles. The van der Waals surface area contributed by atoms with Crippen molar-refractivity contribution in [2.24, 2.45) is 0 Å². The Kier molecular flexibility index (Phi) is 6.15. The Bertz CT molecular complexity index is 673. The third-order valence-electron chi connectivity index (χ3n) is 4.63. The van der Waals surface area contributed by atoms with Crippen molar-refractivity contribution in [2.45, 2.75) is 13.0 Å². The van der Waals surface area contributed by atoms with Crippen LogP contribution in [0.2, 0.25) is 0 Å². The summed E-state index contributed by atoms with van der Waals surface area (Å²) in [5.41, 5.74) is 1.41. The highest BCUT2D eigenvalue weighted by molar-refractivity contribution is 7.76. The normalized spacial score (nSPS) is 18.4. The zero-order chi connectivity index (χ0) is 17.8. The highest BCUT2D eigenvalue weighted by Crippen LogP contribution is 2.58. The number of nitrogens with zero attached hydrogens (tertiary/aromatic N) is 1. The number of para-hydroxylation sites is 1. The first-order chi connectivity index (χ1) is 12.1. The van der Waals surface area contributed by atoms with Gasteiger partial charge in [0, 0.05) is 22.9 Å². The van der Waals surface area contributed by atoms with Crippen LogP contribution in [0.1, 0.15) is 6.92 Å². The number of benzene rings is 2. The fourth-order valence-electron chi connectivity index (χ4n) is 3.06. The van der Waals surface area contributed by atoms with Gasteiger partial charge in [0.15, 0.2) is 0 Å². The van der Waals surface area contributed by atoms with Crippen LogP contribution in [0.5, 0.6) is 5.75 Å². The van der Waals surface area contributed by atoms with Crippen LogP contribution in [0.25, 0.3) is 0 Å². The highest BCUT2D eigenvalue weighted by Gasteiger charge is 2.41. The quantitative estimate of drug-likeness (QED) is 0.735. The molecule has 0 saturated heterocycles. The first-order valence-corrected chi connectivity index (χ1v) is 9.88. The van der Waals surface area contributed by atoms with E-state index in [4.69, 9.17) is 4.74 Å². The Balaban J connectivity index is 2.06. The average Bonchev–Trinajstić information content (AvgIpc) is 3.11. The molecule has 0 heterocycles. The summed E-state index contributed by atoms with van der Waals surface area (Å²) in [4.78, 5) is 2.26. The molecule has 2 aromatic rings. The van der Waals surface area contributed by atoms with Crippen LogP contribution >= 0.6 is 7.92 Å². The van der Waals surface area contributed by atoms with Gasteiger partial charge in [-0.3, -0.25) is 0 Å². The third-order valence-corrected chi connectivity index (χ3v) is 7.19. The van der Waals surface area contributed by atoms with E-state index < -0.39 is 7.92 Å². The Labute approximate surface area is 154 Å². The lowest BCUT2D eigenvalue weighted by Crippen LogP contribution is -2.34. The number of rotatable bonds is 6. The minimum atomic E-state index is -0.665. The van der Waals surface area contributed by atoms with E-state index in [2.05, 4.69) is 93.7 Å². The van der Waals surface area contributed by atoms with Crippen LogP contribution in [0.3, 0.4) is 0 Å². The maximum absolute atomic E-state index is 5.70. The zero-order valence-electron chi connectivity index (χ0n) is 15.3. The van der Waals surface area contributed by atoms with E-state index in [1.807, 2.05) is 6.07 Å². The van der Waals surface area contributed by atoms with Crippen LogP contribution in [0.4, 0.5) is 0 Å². The second-order valence-corrected chi connectivity index (χ2v) is 8.50. The molecule has 2 aromatic carbocycles. The molecule has 1 aliphatic carbocycles. The number of hydrogen-bond donors (Lipinski definition) is 0. The van der Waals surface area contributed by atoms with E-state index >= 15 is 0 Å². The second kappa shape index (κ2) is 8.34. The first kappa shape index (κ1) is 18.4. The van der Waals surface area contributed by atoms with E-state index in [1.54, 1.807) is 7.11 Å². The van der Waals surface area contributed by atoms with Crippen molar-refractivity contribution in [3.8, 4) is 5.75 Å². The summed E-state index contributed by atoms with van der Waals surface area (Å²) in [6, 6.07) is 19.6. The summed E-state index contributed by atoms with van der Waals surface area (Å²) < 4.78 is 5.70. The molecule has 25 heavy (non-hydrogen) atoms. The molecule has 0 spiro atoms. The predicted molar refractivity (Wildman–Crippen MR) is 108 cm³/mol. The molecule has 2 nitrogen and oxygen atoms in total. The Morgan fingerprint density at radius 3 is 2.28 bits per heavy atom. The van der Waals surface area contributed by atoms with Gasteiger partial charge >= 0.3 is 0 Å². The molecule has 1 fully saturated rings. The second-order valence-electron chi connectivity index (χ2n) is 6.35. The maximum atomic E-state index is 5.70. The van der Waals surface area contributed by atoms with Crippen molar-refractivity contribution in [3.05, 3.63) is 85.4 Å². The van der Waals surface area contributed by atoms with Crippen LogP contribution in [-0.2, 0) is 0 Å². The highest BCUT2D eigenvalue weighted by atomic mass is 31.1. The van der Waals surface area contributed by atoms with Crippen molar-refractivity contribution in [3.63, 3.8) is 0 Å². The van der Waals surface area contributed by atoms with Gasteiger partial charge in [0.25, 0.3) is 0 Å². The van der Waals surface area contributed by atoms with E-state index in [0.29, 0.717) is 6.04 Å². The summed E-state index contributed by atoms with van der Waals surface area (Å²) >= 11 is 0. The summed E-state index contributed by atoms with van der Waals surface area (Å²) in [5, 5.41) is 2.62. The molecule has 1 aliphatic rings. The van der Waals surface area contributed by atoms with Gasteiger partial charge in [-0.05, 0) is 59.6 Å². The maximum Gasteiger partial charge on any atom is 0.126 e. The van der Waals surface area contributed by atoms with Crippen LogP contribution in [-0.4, -0.2) is 32.1 Å². The summed E-state index contributed by atoms with van der Waals surface area (Å²) in [6.07, 6.45) is 6.71. The van der Waals surface area contributed by atoms with E-state index in [-0.39, 0.29) is 0 Å². The SMILES string of the molecule is COc1ccccc1[P@@]([C]1[CH][CH][CH][C]1[C@@H](C)N(C)C)c1ccccc1. The molecule has 1 saturated carbocycles. The van der Waals surface area contributed by atoms with Crippen molar-refractivity contribution in [2.75, 3.05) is 21.2 Å². The van der Waals surface area contributed by atoms with Crippen LogP contribution in [0.15, 0.2) is 54.6 Å². The fourth-order valence-corrected chi connectivity index (χ4v) is 5.72. The van der Waals surface area contributed by atoms with Crippen molar-refractivity contribution < 1.29 is 4.74 Å². The molecule has 3 rings (SSSR count). The molecule has 0 bridgehead atoms. The molecule has 129 valence electrons. The van der Waals surface area contributed by atoms with Crippen molar-refractivity contribution in [1.82, 2.24) is 4.90 Å². The monoisotopic (exact) mass is 350 g/mol. The first-order valence-electron chi connectivity index (χ1n) is 8.53. The summed E-state index contributed by atoms with van der Waals surface area (Å²) in [6.45, 7) is 2.26. The fraction of sp³-hybridized carbons (Fsp3) is 0.227. The third kappa shape index (κ3) is 3.91. The van der Waals surface area contributed by atoms with Gasteiger partial charge in [-0.25, -0.2) is 0 Å². The Morgan fingerprint density at radius 1 is 0.920 bits per heavy atom. The minimum Gasteiger partial charge on any atom is -0.496 e. The molecule has 0 unspecified atom stereocenters. The van der Waals surface area contributed by atoms with Gasteiger partial charge in [0.2, 0.25) is 0 Å². The largest absolute Gasteiger partial charge is 0.496 e. The minimum absolute atomic E-state index is 0.369. The van der Waals surface area contributed by atoms with Gasteiger partial charge in [-0.2, -0.15) is 0 Å². The molecular weight excluding hydrogens is 325 g/mol. The predicted octanol–water partition coefficient (Wildman–Crippen LogP) is 3.81. The molecule has 0 aliphatic heterocycles. The smallest absolute Gasteiger partial charge is 0.126 e. The van der Waals surface area contributed by atoms with Gasteiger partial charge in [0.1, 0.15) is 5.75 Å². The standard InChI is InChI=1S/C22H25NOP/c1-17(23(2)3)19-13-10-16-21(19)25(18-11-6-5-7-12-18)22-15-9-8-14-20(22)24-4/h5-17H,1-4H3/t17-,25-/m1/s1.